The molecule has 0 radical (unpaired) electrons. The molecule has 10 heteroatoms. The lowest BCUT2D eigenvalue weighted by Crippen LogP contribution is -2.19. The number of rotatable bonds is 3. The molecule has 1 aliphatic rings. The fraction of sp³-hybridized carbons (Fsp3) is 0.158. The van der Waals surface area contributed by atoms with E-state index in [-0.39, 0.29) is 11.3 Å². The van der Waals surface area contributed by atoms with Crippen LogP contribution >= 0.6 is 27.3 Å². The first-order valence-electron chi connectivity index (χ1n) is 8.29. The van der Waals surface area contributed by atoms with Crippen LogP contribution in [0.15, 0.2) is 52.3 Å². The predicted octanol–water partition coefficient (Wildman–Crippen LogP) is 5.47. The topological polar surface area (TPSA) is 69.4 Å². The minimum Gasteiger partial charge on any atom is -0.479 e. The highest BCUT2D eigenvalue weighted by Crippen LogP contribution is 2.51. The van der Waals surface area contributed by atoms with Gasteiger partial charge in [0.15, 0.2) is 6.10 Å². The minimum atomic E-state index is -4.57. The summed E-state index contributed by atoms with van der Waals surface area (Å²) in [5.41, 5.74) is 0.338. The van der Waals surface area contributed by atoms with E-state index in [1.807, 2.05) is 12.1 Å². The summed E-state index contributed by atoms with van der Waals surface area (Å²) in [6.07, 6.45) is -5.23. The van der Waals surface area contributed by atoms with Crippen LogP contribution in [0.25, 0.3) is 11.1 Å². The summed E-state index contributed by atoms with van der Waals surface area (Å²) >= 11 is 4.77. The Morgan fingerprint density at radius 3 is 2.52 bits per heavy atom. The molecule has 1 unspecified atom stereocenters. The molecule has 0 saturated carbocycles. The molecule has 2 heterocycles. The van der Waals surface area contributed by atoms with Crippen LogP contribution in [-0.4, -0.2) is 8.42 Å². The highest BCUT2D eigenvalue weighted by atomic mass is 79.9. The van der Waals surface area contributed by atoms with Gasteiger partial charge in [-0.3, -0.25) is 0 Å². The zero-order valence-electron chi connectivity index (χ0n) is 14.5. The molecule has 0 aliphatic carbocycles. The van der Waals surface area contributed by atoms with E-state index < -0.39 is 33.6 Å². The quantitative estimate of drug-likeness (QED) is 0.515. The summed E-state index contributed by atoms with van der Waals surface area (Å²) in [4.78, 5) is 0.772. The lowest BCUT2D eigenvalue weighted by molar-refractivity contribution is -0.137. The van der Waals surface area contributed by atoms with Crippen molar-refractivity contribution in [1.82, 2.24) is 0 Å². The van der Waals surface area contributed by atoms with Crippen LogP contribution < -0.4 is 9.88 Å². The average Bonchev–Trinajstić information content (AvgIpc) is 3.04. The van der Waals surface area contributed by atoms with Gasteiger partial charge in [-0.05, 0) is 51.3 Å². The molecule has 1 aliphatic heterocycles. The third kappa shape index (κ3) is 4.07. The van der Waals surface area contributed by atoms with E-state index in [1.165, 1.54) is 35.6 Å². The molecule has 1 atom stereocenters. The zero-order valence-corrected chi connectivity index (χ0v) is 17.8. The molecule has 0 bridgehead atoms. The van der Waals surface area contributed by atoms with Gasteiger partial charge in [0.25, 0.3) is 0 Å². The van der Waals surface area contributed by atoms with Crippen LogP contribution in [-0.2, 0) is 22.0 Å². The number of thiophene rings is 1. The second kappa shape index (κ2) is 7.12. The smallest absolute Gasteiger partial charge is 0.417 e. The first-order valence-corrected chi connectivity index (χ1v) is 11.6. The molecule has 0 spiro atoms. The molecule has 3 aromatic rings. The second-order valence-corrected chi connectivity index (χ2v) is 10.7. The minimum absolute atomic E-state index is 0.0518. The number of sulfonamides is 1. The van der Waals surface area contributed by atoms with Gasteiger partial charge in [0.2, 0.25) is 10.0 Å². The van der Waals surface area contributed by atoms with Crippen molar-refractivity contribution in [3.8, 4) is 16.9 Å². The van der Waals surface area contributed by atoms with Crippen LogP contribution in [0.2, 0.25) is 0 Å². The molecule has 1 aromatic heterocycles. The summed E-state index contributed by atoms with van der Waals surface area (Å²) in [6, 6.07) is 12.0. The molecule has 2 N–H and O–H groups in total. The van der Waals surface area contributed by atoms with Crippen molar-refractivity contribution in [3.05, 3.63) is 73.9 Å². The summed E-state index contributed by atoms with van der Waals surface area (Å²) in [5.74, 6) is -0.296. The summed E-state index contributed by atoms with van der Waals surface area (Å²) < 4.78 is 70.7. The number of nitrogens with two attached hydrogens (primary N) is 1. The number of alkyl halides is 3. The monoisotopic (exact) mass is 503 g/mol. The normalized spacial score (nSPS) is 16.1. The van der Waals surface area contributed by atoms with Gasteiger partial charge in [0.1, 0.15) is 5.75 Å². The molecular weight excluding hydrogens is 491 g/mol. The third-order valence-electron chi connectivity index (χ3n) is 4.46. The zero-order chi connectivity index (χ0) is 21.0. The van der Waals surface area contributed by atoms with Gasteiger partial charge < -0.3 is 4.74 Å². The second-order valence-electron chi connectivity index (χ2n) is 6.55. The molecule has 4 nitrogen and oxygen atoms in total. The molecule has 0 fully saturated rings. The van der Waals surface area contributed by atoms with Crippen LogP contribution in [0.5, 0.6) is 5.75 Å². The van der Waals surface area contributed by atoms with E-state index in [2.05, 4.69) is 15.9 Å². The summed E-state index contributed by atoms with van der Waals surface area (Å²) in [5, 5.41) is 5.14. The van der Waals surface area contributed by atoms with Gasteiger partial charge in [-0.25, -0.2) is 13.6 Å². The standard InChI is InChI=1S/C19H13BrF3NO3S2/c20-16-7-6-15(28-16)18-12-8-10(9-29(24,25)26)4-5-11(12)17-13(19(21,22)23)2-1-3-14(17)27-18/h1-8,18H,9H2,(H2,24,25,26). The van der Waals surface area contributed by atoms with Crippen molar-refractivity contribution in [3.63, 3.8) is 0 Å². The van der Waals surface area contributed by atoms with Crippen molar-refractivity contribution in [2.75, 3.05) is 0 Å². The SMILES string of the molecule is NS(=O)(=O)Cc1ccc2c(c1)C(c1ccc(Br)s1)Oc1cccc(C(F)(F)F)c1-2. The Hall–Kier alpha value is -1.88. The molecular formula is C19H13BrF3NO3S2. The van der Waals surface area contributed by atoms with Crippen molar-refractivity contribution in [2.45, 2.75) is 18.0 Å². The van der Waals surface area contributed by atoms with Crippen LogP contribution in [0.3, 0.4) is 0 Å². The molecule has 2 aromatic carbocycles. The van der Waals surface area contributed by atoms with E-state index in [1.54, 1.807) is 6.07 Å². The lowest BCUT2D eigenvalue weighted by Gasteiger charge is -2.30. The molecule has 152 valence electrons. The molecule has 0 amide bonds. The number of fused-ring (bicyclic) bond motifs is 3. The highest BCUT2D eigenvalue weighted by Gasteiger charge is 2.39. The van der Waals surface area contributed by atoms with E-state index in [0.29, 0.717) is 16.7 Å². The Kier molecular flexibility index (Phi) is 5.01. The van der Waals surface area contributed by atoms with Gasteiger partial charge >= 0.3 is 6.18 Å². The number of hydrogen-bond acceptors (Lipinski definition) is 4. The van der Waals surface area contributed by atoms with Gasteiger partial charge in [-0.15, -0.1) is 11.3 Å². The maximum Gasteiger partial charge on any atom is 0.417 e. The van der Waals surface area contributed by atoms with Gasteiger partial charge in [0.05, 0.1) is 20.0 Å². The molecule has 4 rings (SSSR count). The van der Waals surface area contributed by atoms with E-state index in [4.69, 9.17) is 9.88 Å². The van der Waals surface area contributed by atoms with Gasteiger partial charge in [0, 0.05) is 11.1 Å². The van der Waals surface area contributed by atoms with Crippen molar-refractivity contribution < 1.29 is 26.3 Å². The fourth-order valence-corrected chi connectivity index (χ4v) is 5.51. The largest absolute Gasteiger partial charge is 0.479 e. The molecule has 0 saturated heterocycles. The Labute approximate surface area is 177 Å². The van der Waals surface area contributed by atoms with Crippen LogP contribution in [0.1, 0.15) is 27.7 Å². The maximum atomic E-state index is 13.6. The lowest BCUT2D eigenvalue weighted by atomic mass is 9.88. The van der Waals surface area contributed by atoms with Crippen LogP contribution in [0.4, 0.5) is 13.2 Å². The summed E-state index contributed by atoms with van der Waals surface area (Å²) in [6.45, 7) is 0. The number of halogens is 4. The Morgan fingerprint density at radius 1 is 1.14 bits per heavy atom. The predicted molar refractivity (Wildman–Crippen MR) is 108 cm³/mol. The van der Waals surface area contributed by atoms with Gasteiger partial charge in [-0.2, -0.15) is 13.2 Å². The third-order valence-corrected chi connectivity index (χ3v) is 6.87. The summed E-state index contributed by atoms with van der Waals surface area (Å²) in [7, 11) is -3.80. The number of benzene rings is 2. The Bertz CT molecular complexity index is 1210. The fourth-order valence-electron chi connectivity index (χ4n) is 3.39. The first kappa shape index (κ1) is 20.4. The Balaban J connectivity index is 1.96. The Morgan fingerprint density at radius 2 is 1.90 bits per heavy atom. The van der Waals surface area contributed by atoms with Gasteiger partial charge in [-0.1, -0.05) is 24.3 Å². The van der Waals surface area contributed by atoms with Crippen molar-refractivity contribution in [1.29, 1.82) is 0 Å². The van der Waals surface area contributed by atoms with Crippen LogP contribution in [0, 0.1) is 0 Å². The van der Waals surface area contributed by atoms with E-state index in [0.717, 1.165) is 14.7 Å². The van der Waals surface area contributed by atoms with E-state index in [9.17, 15) is 21.6 Å². The van der Waals surface area contributed by atoms with Crippen molar-refractivity contribution in [2.24, 2.45) is 5.14 Å². The highest BCUT2D eigenvalue weighted by molar-refractivity contribution is 9.11. The average molecular weight is 504 g/mol. The number of hydrogen-bond donors (Lipinski definition) is 1. The first-order chi connectivity index (χ1) is 13.5. The van der Waals surface area contributed by atoms with Crippen molar-refractivity contribution >= 4 is 37.3 Å². The number of primary sulfonamides is 1. The molecule has 29 heavy (non-hydrogen) atoms. The maximum absolute atomic E-state index is 13.6. The number of ether oxygens (including phenoxy) is 1. The van der Waals surface area contributed by atoms with E-state index >= 15 is 0 Å².